The van der Waals surface area contributed by atoms with E-state index in [9.17, 15) is 9.18 Å². The van der Waals surface area contributed by atoms with Crippen LogP contribution in [0.5, 0.6) is 5.75 Å². The highest BCUT2D eigenvalue weighted by molar-refractivity contribution is 5.81. The molecule has 1 atom stereocenters. The molecule has 0 aliphatic rings. The van der Waals surface area contributed by atoms with Crippen LogP contribution in [0.1, 0.15) is 39.7 Å². The van der Waals surface area contributed by atoms with E-state index in [2.05, 4.69) is 5.32 Å². The topological polar surface area (TPSA) is 64.3 Å². The zero-order valence-electron chi connectivity index (χ0n) is 12.5. The first-order chi connectivity index (χ1) is 9.30. The highest BCUT2D eigenvalue weighted by atomic mass is 19.1. The minimum atomic E-state index is -0.789. The average Bonchev–Trinajstić information content (AvgIpc) is 2.40. The summed E-state index contributed by atoms with van der Waals surface area (Å²) in [7, 11) is 0. The fourth-order valence-corrected chi connectivity index (χ4v) is 1.60. The van der Waals surface area contributed by atoms with Crippen LogP contribution < -0.4 is 15.8 Å². The molecular formula is C15H23FN2O2. The molecule has 20 heavy (non-hydrogen) atoms. The number of benzene rings is 1. The van der Waals surface area contributed by atoms with Gasteiger partial charge in [0.05, 0.1) is 0 Å². The van der Waals surface area contributed by atoms with E-state index < -0.39 is 11.9 Å². The quantitative estimate of drug-likeness (QED) is 0.842. The van der Waals surface area contributed by atoms with Gasteiger partial charge in [-0.1, -0.05) is 19.1 Å². The summed E-state index contributed by atoms with van der Waals surface area (Å²) in [6, 6.07) is 4.53. The first-order valence-electron chi connectivity index (χ1n) is 6.77. The smallest absolute Gasteiger partial charge is 0.261 e. The lowest BCUT2D eigenvalue weighted by atomic mass is 10.0. The predicted octanol–water partition coefficient (Wildman–Crippen LogP) is 2.36. The predicted molar refractivity (Wildman–Crippen MR) is 76.9 cm³/mol. The Morgan fingerprint density at radius 1 is 1.50 bits per heavy atom. The molecule has 112 valence electrons. The molecule has 0 saturated heterocycles. The summed E-state index contributed by atoms with van der Waals surface area (Å²) >= 11 is 0. The van der Waals surface area contributed by atoms with E-state index >= 15 is 0 Å². The van der Waals surface area contributed by atoms with E-state index in [-0.39, 0.29) is 23.7 Å². The zero-order chi connectivity index (χ0) is 15.3. The number of amides is 1. The summed E-state index contributed by atoms with van der Waals surface area (Å²) in [6.45, 7) is 7.57. The monoisotopic (exact) mass is 282 g/mol. The molecule has 1 aromatic rings. The Bertz CT molecular complexity index is 475. The molecule has 5 heteroatoms. The standard InChI is InChI=1S/C15H23FN2O2/c1-5-15(3,4)18-14(19)10(2)20-13-11(9-17)7-6-8-12(13)16/h6-8,10H,5,9,17H2,1-4H3,(H,18,19). The fraction of sp³-hybridized carbons (Fsp3) is 0.533. The minimum Gasteiger partial charge on any atom is -0.477 e. The molecule has 0 bridgehead atoms. The maximum absolute atomic E-state index is 13.8. The summed E-state index contributed by atoms with van der Waals surface area (Å²) < 4.78 is 19.2. The molecular weight excluding hydrogens is 259 g/mol. The van der Waals surface area contributed by atoms with Crippen molar-refractivity contribution in [2.45, 2.75) is 52.3 Å². The minimum absolute atomic E-state index is 0.0481. The largest absolute Gasteiger partial charge is 0.477 e. The number of hydrogen-bond donors (Lipinski definition) is 2. The number of carbonyl (C=O) groups is 1. The maximum atomic E-state index is 13.8. The third kappa shape index (κ3) is 4.20. The second-order valence-corrected chi connectivity index (χ2v) is 5.42. The summed E-state index contributed by atoms with van der Waals surface area (Å²) in [5, 5.41) is 2.87. The van der Waals surface area contributed by atoms with Gasteiger partial charge in [0.15, 0.2) is 17.7 Å². The van der Waals surface area contributed by atoms with Crippen molar-refractivity contribution in [1.29, 1.82) is 0 Å². The summed E-state index contributed by atoms with van der Waals surface area (Å²) in [5.41, 5.74) is 5.77. The van der Waals surface area contributed by atoms with Gasteiger partial charge in [0.1, 0.15) is 0 Å². The molecule has 0 aliphatic heterocycles. The van der Waals surface area contributed by atoms with E-state index in [0.29, 0.717) is 5.56 Å². The van der Waals surface area contributed by atoms with Crippen molar-refractivity contribution in [2.75, 3.05) is 0 Å². The van der Waals surface area contributed by atoms with Gasteiger partial charge in [0.2, 0.25) is 0 Å². The molecule has 0 radical (unpaired) electrons. The molecule has 1 amide bonds. The van der Waals surface area contributed by atoms with Crippen molar-refractivity contribution in [2.24, 2.45) is 5.73 Å². The summed E-state index contributed by atoms with van der Waals surface area (Å²) in [5.74, 6) is -0.739. The van der Waals surface area contributed by atoms with Crippen molar-refractivity contribution in [1.82, 2.24) is 5.32 Å². The Morgan fingerprint density at radius 2 is 2.15 bits per heavy atom. The van der Waals surface area contributed by atoms with Gasteiger partial charge in [-0.25, -0.2) is 4.39 Å². The molecule has 3 N–H and O–H groups in total. The molecule has 0 spiro atoms. The highest BCUT2D eigenvalue weighted by Gasteiger charge is 2.24. The van der Waals surface area contributed by atoms with Gasteiger partial charge in [-0.2, -0.15) is 0 Å². The van der Waals surface area contributed by atoms with Crippen LogP contribution in [0.25, 0.3) is 0 Å². The number of halogens is 1. The van der Waals surface area contributed by atoms with Crippen LogP contribution in [0, 0.1) is 5.82 Å². The fourth-order valence-electron chi connectivity index (χ4n) is 1.60. The Morgan fingerprint density at radius 3 is 2.70 bits per heavy atom. The second-order valence-electron chi connectivity index (χ2n) is 5.42. The third-order valence-corrected chi connectivity index (χ3v) is 3.28. The molecule has 1 aromatic carbocycles. The van der Waals surface area contributed by atoms with Crippen LogP contribution in [-0.2, 0) is 11.3 Å². The number of carbonyl (C=O) groups excluding carboxylic acids is 1. The van der Waals surface area contributed by atoms with Gasteiger partial charge >= 0.3 is 0 Å². The van der Waals surface area contributed by atoms with Gasteiger partial charge in [0.25, 0.3) is 5.91 Å². The van der Waals surface area contributed by atoms with Gasteiger partial charge < -0.3 is 15.8 Å². The second kappa shape index (κ2) is 6.70. The van der Waals surface area contributed by atoms with Crippen LogP contribution >= 0.6 is 0 Å². The lowest BCUT2D eigenvalue weighted by Gasteiger charge is -2.27. The number of para-hydroxylation sites is 1. The van der Waals surface area contributed by atoms with Crippen LogP contribution in [-0.4, -0.2) is 17.6 Å². The number of rotatable bonds is 6. The molecule has 0 heterocycles. The van der Waals surface area contributed by atoms with Gasteiger partial charge in [-0.15, -0.1) is 0 Å². The number of nitrogens with one attached hydrogen (secondary N) is 1. The third-order valence-electron chi connectivity index (χ3n) is 3.28. The SMILES string of the molecule is CCC(C)(C)NC(=O)C(C)Oc1c(F)cccc1CN. The number of ether oxygens (including phenoxy) is 1. The molecule has 0 fully saturated rings. The lowest BCUT2D eigenvalue weighted by Crippen LogP contribution is -2.48. The lowest BCUT2D eigenvalue weighted by molar-refractivity contribution is -0.129. The van der Waals surface area contributed by atoms with Gasteiger partial charge in [-0.05, 0) is 33.3 Å². The van der Waals surface area contributed by atoms with E-state index in [1.165, 1.54) is 6.07 Å². The first-order valence-corrected chi connectivity index (χ1v) is 6.77. The molecule has 0 saturated carbocycles. The van der Waals surface area contributed by atoms with Crippen LogP contribution in [0.15, 0.2) is 18.2 Å². The van der Waals surface area contributed by atoms with Crippen molar-refractivity contribution in [3.63, 3.8) is 0 Å². The molecule has 0 aromatic heterocycles. The van der Waals surface area contributed by atoms with E-state index in [1.807, 2.05) is 20.8 Å². The van der Waals surface area contributed by atoms with Crippen molar-refractivity contribution in [3.8, 4) is 5.75 Å². The molecule has 1 rings (SSSR count). The molecule has 4 nitrogen and oxygen atoms in total. The highest BCUT2D eigenvalue weighted by Crippen LogP contribution is 2.23. The van der Waals surface area contributed by atoms with Gasteiger partial charge in [0, 0.05) is 17.6 Å². The summed E-state index contributed by atoms with van der Waals surface area (Å²) in [4.78, 5) is 12.0. The Balaban J connectivity index is 2.81. The number of hydrogen-bond acceptors (Lipinski definition) is 3. The maximum Gasteiger partial charge on any atom is 0.261 e. The van der Waals surface area contributed by atoms with Crippen LogP contribution in [0.2, 0.25) is 0 Å². The van der Waals surface area contributed by atoms with E-state index in [4.69, 9.17) is 10.5 Å². The molecule has 0 aliphatic carbocycles. The first kappa shape index (κ1) is 16.4. The van der Waals surface area contributed by atoms with Crippen molar-refractivity contribution in [3.05, 3.63) is 29.6 Å². The van der Waals surface area contributed by atoms with Crippen molar-refractivity contribution < 1.29 is 13.9 Å². The van der Waals surface area contributed by atoms with E-state index in [0.717, 1.165) is 6.42 Å². The Kier molecular flexibility index (Phi) is 5.51. The Labute approximate surface area is 119 Å². The average molecular weight is 282 g/mol. The van der Waals surface area contributed by atoms with Crippen LogP contribution in [0.3, 0.4) is 0 Å². The Hall–Kier alpha value is -1.62. The van der Waals surface area contributed by atoms with Crippen molar-refractivity contribution >= 4 is 5.91 Å². The van der Waals surface area contributed by atoms with Crippen LogP contribution in [0.4, 0.5) is 4.39 Å². The van der Waals surface area contributed by atoms with E-state index in [1.54, 1.807) is 19.1 Å². The van der Waals surface area contributed by atoms with Gasteiger partial charge in [-0.3, -0.25) is 4.79 Å². The molecule has 1 unspecified atom stereocenters. The summed E-state index contributed by atoms with van der Waals surface area (Å²) in [6.07, 6.45) is 0.00202. The number of nitrogens with two attached hydrogens (primary N) is 1. The zero-order valence-corrected chi connectivity index (χ0v) is 12.5. The normalized spacial score (nSPS) is 12.9.